The molecule has 6 nitrogen and oxygen atoms in total. The van der Waals surface area contributed by atoms with Crippen molar-refractivity contribution in [1.29, 1.82) is 0 Å². The fourth-order valence-corrected chi connectivity index (χ4v) is 4.72. The van der Waals surface area contributed by atoms with Crippen molar-refractivity contribution in [3.05, 3.63) is 42.4 Å². The molecule has 0 N–H and O–H groups in total. The van der Waals surface area contributed by atoms with Gasteiger partial charge in [0.25, 0.3) is 0 Å². The minimum absolute atomic E-state index is 0.226. The zero-order chi connectivity index (χ0) is 18.2. The van der Waals surface area contributed by atoms with Crippen LogP contribution >= 0.6 is 0 Å². The smallest absolute Gasteiger partial charge is 0.161 e. The molecule has 3 aliphatic rings. The van der Waals surface area contributed by atoms with Crippen LogP contribution in [0.25, 0.3) is 11.3 Å². The summed E-state index contributed by atoms with van der Waals surface area (Å²) < 4.78 is 2.08. The first-order valence-corrected chi connectivity index (χ1v) is 10.3. The molecule has 6 heteroatoms. The lowest BCUT2D eigenvalue weighted by molar-refractivity contribution is 0.468. The van der Waals surface area contributed by atoms with Gasteiger partial charge < -0.3 is 4.90 Å². The maximum Gasteiger partial charge on any atom is 0.161 e. The molecular weight excluding hydrogens is 336 g/mol. The minimum atomic E-state index is 0.226. The SMILES string of the molecule is CCC1c2nncn2-c2cnc(C3=CCCCC=C3)nc2N1C1CCCC1. The predicted molar refractivity (Wildman–Crippen MR) is 106 cm³/mol. The van der Waals surface area contributed by atoms with Crippen molar-refractivity contribution >= 4 is 11.4 Å². The molecule has 140 valence electrons. The topological polar surface area (TPSA) is 59.7 Å². The van der Waals surface area contributed by atoms with Crippen LogP contribution in [0.4, 0.5) is 5.82 Å². The average molecular weight is 362 g/mol. The number of anilines is 1. The number of hydrogen-bond donors (Lipinski definition) is 0. The van der Waals surface area contributed by atoms with E-state index in [1.807, 2.05) is 6.20 Å². The third-order valence-corrected chi connectivity index (χ3v) is 6.06. The predicted octanol–water partition coefficient (Wildman–Crippen LogP) is 4.39. The molecule has 3 heterocycles. The van der Waals surface area contributed by atoms with E-state index in [-0.39, 0.29) is 6.04 Å². The van der Waals surface area contributed by atoms with Crippen LogP contribution in [0.15, 0.2) is 30.8 Å². The van der Waals surface area contributed by atoms with Gasteiger partial charge in [-0.2, -0.15) is 0 Å². The Bertz CT molecular complexity index is 890. The lowest BCUT2D eigenvalue weighted by Gasteiger charge is -2.40. The second-order valence-electron chi connectivity index (χ2n) is 7.72. The number of allylic oxidation sites excluding steroid dienone is 4. The molecule has 0 radical (unpaired) electrons. The van der Waals surface area contributed by atoms with E-state index >= 15 is 0 Å². The Labute approximate surface area is 160 Å². The quantitative estimate of drug-likeness (QED) is 0.810. The van der Waals surface area contributed by atoms with Gasteiger partial charge in [0.2, 0.25) is 0 Å². The molecule has 1 aliphatic heterocycles. The second-order valence-corrected chi connectivity index (χ2v) is 7.72. The molecule has 0 spiro atoms. The highest BCUT2D eigenvalue weighted by Gasteiger charge is 2.38. The lowest BCUT2D eigenvalue weighted by Crippen LogP contribution is -2.42. The molecule has 1 atom stereocenters. The number of nitrogens with zero attached hydrogens (tertiary/aromatic N) is 6. The second kappa shape index (κ2) is 6.91. The fraction of sp³-hybridized carbons (Fsp3) is 0.524. The number of fused-ring (bicyclic) bond motifs is 3. The summed E-state index contributed by atoms with van der Waals surface area (Å²) in [6, 6.07) is 0.755. The van der Waals surface area contributed by atoms with E-state index < -0.39 is 0 Å². The van der Waals surface area contributed by atoms with Crippen molar-refractivity contribution < 1.29 is 0 Å². The molecule has 5 rings (SSSR count). The van der Waals surface area contributed by atoms with Crippen LogP contribution < -0.4 is 4.90 Å². The van der Waals surface area contributed by atoms with Crippen LogP contribution in [0, 0.1) is 0 Å². The lowest BCUT2D eigenvalue weighted by atomic mass is 10.0. The fourth-order valence-electron chi connectivity index (χ4n) is 4.72. The molecule has 0 aromatic carbocycles. The minimum Gasteiger partial charge on any atom is -0.342 e. The third kappa shape index (κ3) is 2.78. The van der Waals surface area contributed by atoms with Gasteiger partial charge >= 0.3 is 0 Å². The molecule has 1 unspecified atom stereocenters. The Morgan fingerprint density at radius 1 is 1.15 bits per heavy atom. The number of hydrogen-bond acceptors (Lipinski definition) is 5. The summed E-state index contributed by atoms with van der Waals surface area (Å²) in [6.45, 7) is 2.23. The van der Waals surface area contributed by atoms with Gasteiger partial charge in [-0.15, -0.1) is 10.2 Å². The van der Waals surface area contributed by atoms with Gasteiger partial charge in [0.15, 0.2) is 17.5 Å². The van der Waals surface area contributed by atoms with Crippen molar-refractivity contribution in [2.75, 3.05) is 4.90 Å². The average Bonchev–Trinajstić information content (AvgIpc) is 3.33. The summed E-state index contributed by atoms with van der Waals surface area (Å²) in [4.78, 5) is 12.3. The van der Waals surface area contributed by atoms with Crippen LogP contribution in [-0.2, 0) is 0 Å². The Kier molecular flexibility index (Phi) is 4.26. The van der Waals surface area contributed by atoms with Gasteiger partial charge in [-0.3, -0.25) is 4.57 Å². The van der Waals surface area contributed by atoms with E-state index in [1.165, 1.54) is 32.1 Å². The van der Waals surface area contributed by atoms with Crippen LogP contribution in [-0.4, -0.2) is 30.8 Å². The molecule has 2 aromatic heterocycles. The Morgan fingerprint density at radius 3 is 2.89 bits per heavy atom. The van der Waals surface area contributed by atoms with Gasteiger partial charge in [0, 0.05) is 11.6 Å². The first kappa shape index (κ1) is 16.7. The van der Waals surface area contributed by atoms with Crippen LogP contribution in [0.2, 0.25) is 0 Å². The van der Waals surface area contributed by atoms with E-state index in [9.17, 15) is 0 Å². The van der Waals surface area contributed by atoms with E-state index in [0.717, 1.165) is 48.0 Å². The van der Waals surface area contributed by atoms with E-state index in [1.54, 1.807) is 6.33 Å². The summed E-state index contributed by atoms with van der Waals surface area (Å²) in [7, 11) is 0. The highest BCUT2D eigenvalue weighted by atomic mass is 15.4. The molecule has 0 amide bonds. The largest absolute Gasteiger partial charge is 0.342 e. The molecule has 1 saturated carbocycles. The van der Waals surface area contributed by atoms with Crippen LogP contribution in [0.5, 0.6) is 0 Å². The van der Waals surface area contributed by atoms with Gasteiger partial charge in [-0.05, 0) is 38.5 Å². The zero-order valence-corrected chi connectivity index (χ0v) is 15.9. The summed E-state index contributed by atoms with van der Waals surface area (Å²) in [5.74, 6) is 2.90. The summed E-state index contributed by atoms with van der Waals surface area (Å²) in [6.07, 6.45) is 19.9. The van der Waals surface area contributed by atoms with Crippen molar-refractivity contribution in [1.82, 2.24) is 24.7 Å². The van der Waals surface area contributed by atoms with Gasteiger partial charge in [0.1, 0.15) is 12.0 Å². The molecular formula is C21H26N6. The molecule has 2 aliphatic carbocycles. The Hall–Kier alpha value is -2.50. The Morgan fingerprint density at radius 2 is 2.04 bits per heavy atom. The molecule has 0 saturated heterocycles. The monoisotopic (exact) mass is 362 g/mol. The first-order valence-electron chi connectivity index (χ1n) is 10.3. The van der Waals surface area contributed by atoms with E-state index in [4.69, 9.17) is 9.97 Å². The molecule has 1 fully saturated rings. The van der Waals surface area contributed by atoms with Crippen molar-refractivity contribution in [2.24, 2.45) is 0 Å². The zero-order valence-electron chi connectivity index (χ0n) is 15.9. The van der Waals surface area contributed by atoms with Gasteiger partial charge in [-0.25, -0.2) is 9.97 Å². The highest BCUT2D eigenvalue weighted by Crippen LogP contribution is 2.42. The maximum atomic E-state index is 5.10. The summed E-state index contributed by atoms with van der Waals surface area (Å²) in [5.41, 5.74) is 2.15. The standard InChI is InChI=1S/C21H26N6/c1-2-17-21-25-23-14-26(21)18-13-22-19(15-9-5-3-4-6-10-15)24-20(18)27(17)16-11-7-8-12-16/h5,9-10,13-14,16-17H,2-4,6-8,11-12H2,1H3. The third-order valence-electron chi connectivity index (χ3n) is 6.06. The normalized spacial score (nSPS) is 22.3. The highest BCUT2D eigenvalue weighted by molar-refractivity contribution is 5.72. The Balaban J connectivity index is 1.66. The van der Waals surface area contributed by atoms with Gasteiger partial charge in [0.05, 0.1) is 12.2 Å². The van der Waals surface area contributed by atoms with Crippen LogP contribution in [0.3, 0.4) is 0 Å². The van der Waals surface area contributed by atoms with Crippen LogP contribution in [0.1, 0.15) is 76.0 Å². The van der Waals surface area contributed by atoms with E-state index in [2.05, 4.69) is 44.8 Å². The summed E-state index contributed by atoms with van der Waals surface area (Å²) in [5, 5.41) is 8.64. The van der Waals surface area contributed by atoms with Crippen molar-refractivity contribution in [2.45, 2.75) is 70.4 Å². The summed E-state index contributed by atoms with van der Waals surface area (Å²) >= 11 is 0. The molecule has 0 bridgehead atoms. The number of rotatable bonds is 3. The maximum absolute atomic E-state index is 5.10. The van der Waals surface area contributed by atoms with E-state index in [0.29, 0.717) is 6.04 Å². The van der Waals surface area contributed by atoms with Gasteiger partial charge in [-0.1, -0.05) is 38.0 Å². The number of aromatic nitrogens is 5. The van der Waals surface area contributed by atoms with Crippen molar-refractivity contribution in [3.63, 3.8) is 0 Å². The first-order chi connectivity index (χ1) is 13.4. The van der Waals surface area contributed by atoms with Crippen molar-refractivity contribution in [3.8, 4) is 5.69 Å². The molecule has 2 aromatic rings. The molecule has 27 heavy (non-hydrogen) atoms.